The molecule has 1 heterocycles. The second-order valence-electron chi connectivity index (χ2n) is 4.03. The predicted octanol–water partition coefficient (Wildman–Crippen LogP) is 0.207. The second-order valence-corrected chi connectivity index (χ2v) is 5.09. The van der Waals surface area contributed by atoms with Crippen molar-refractivity contribution in [2.45, 2.75) is 18.0 Å². The standard InChI is InChI=1S/C12H20N6O2S/c1-20-7-6-15-11(14)17-10-4-5-16-12(18-10)21-8-2-3-9(13)19/h4-5H,2-3,6-8H2,1H3,(H2,13,19)(H3,14,15,16,17,18). The molecule has 0 bridgehead atoms. The minimum absolute atomic E-state index is 0.274. The number of methoxy groups -OCH3 is 1. The molecule has 1 aromatic heterocycles. The summed E-state index contributed by atoms with van der Waals surface area (Å²) >= 11 is 1.45. The van der Waals surface area contributed by atoms with Crippen LogP contribution in [0.2, 0.25) is 0 Å². The van der Waals surface area contributed by atoms with Crippen molar-refractivity contribution in [3.8, 4) is 0 Å². The number of primary amides is 1. The van der Waals surface area contributed by atoms with Gasteiger partial charge in [-0.05, 0) is 12.5 Å². The molecule has 0 spiro atoms. The molecule has 0 aliphatic rings. The van der Waals surface area contributed by atoms with Crippen LogP contribution in [0.3, 0.4) is 0 Å². The lowest BCUT2D eigenvalue weighted by molar-refractivity contribution is -0.118. The lowest BCUT2D eigenvalue weighted by Gasteiger charge is -2.06. The number of ether oxygens (including phenoxy) is 1. The summed E-state index contributed by atoms with van der Waals surface area (Å²) in [5.41, 5.74) is 10.8. The normalized spacial score (nSPS) is 11.4. The van der Waals surface area contributed by atoms with E-state index in [0.717, 1.165) is 5.75 Å². The summed E-state index contributed by atoms with van der Waals surface area (Å²) < 4.78 is 4.88. The van der Waals surface area contributed by atoms with Gasteiger partial charge in [0.2, 0.25) is 5.91 Å². The van der Waals surface area contributed by atoms with Crippen molar-refractivity contribution < 1.29 is 9.53 Å². The summed E-state index contributed by atoms with van der Waals surface area (Å²) in [5.74, 6) is 1.27. The third-order valence-electron chi connectivity index (χ3n) is 2.27. The molecule has 0 aliphatic heterocycles. The van der Waals surface area contributed by atoms with Crippen LogP contribution in [0.25, 0.3) is 0 Å². The van der Waals surface area contributed by atoms with Gasteiger partial charge < -0.3 is 21.5 Å². The van der Waals surface area contributed by atoms with Crippen LogP contribution < -0.4 is 16.8 Å². The van der Waals surface area contributed by atoms with Crippen molar-refractivity contribution >= 4 is 29.4 Å². The zero-order valence-electron chi connectivity index (χ0n) is 11.9. The van der Waals surface area contributed by atoms with E-state index in [0.29, 0.717) is 37.0 Å². The highest BCUT2D eigenvalue weighted by Crippen LogP contribution is 2.15. The number of amides is 1. The molecule has 0 saturated carbocycles. The molecule has 8 nitrogen and oxygen atoms in total. The van der Waals surface area contributed by atoms with Crippen molar-refractivity contribution in [2.24, 2.45) is 16.5 Å². The second kappa shape index (κ2) is 9.94. The highest BCUT2D eigenvalue weighted by Gasteiger charge is 2.02. The molecule has 0 unspecified atom stereocenters. The Morgan fingerprint density at radius 1 is 1.52 bits per heavy atom. The Labute approximate surface area is 127 Å². The molecule has 0 aromatic carbocycles. The van der Waals surface area contributed by atoms with Gasteiger partial charge in [-0.2, -0.15) is 0 Å². The highest BCUT2D eigenvalue weighted by atomic mass is 32.2. The molecule has 9 heteroatoms. The Hall–Kier alpha value is -1.87. The number of nitrogens with zero attached hydrogens (tertiary/aromatic N) is 3. The molecule has 0 fully saturated rings. The summed E-state index contributed by atoms with van der Waals surface area (Å²) in [6.45, 7) is 0.988. The van der Waals surface area contributed by atoms with Gasteiger partial charge >= 0.3 is 0 Å². The first-order chi connectivity index (χ1) is 10.1. The zero-order valence-corrected chi connectivity index (χ0v) is 12.7. The summed E-state index contributed by atoms with van der Waals surface area (Å²) in [5, 5.41) is 3.49. The van der Waals surface area contributed by atoms with Crippen molar-refractivity contribution in [2.75, 3.05) is 31.3 Å². The molecule has 0 atom stereocenters. The number of hydrogen-bond acceptors (Lipinski definition) is 6. The van der Waals surface area contributed by atoms with Gasteiger partial charge in [0.1, 0.15) is 5.82 Å². The van der Waals surface area contributed by atoms with E-state index in [1.807, 2.05) is 0 Å². The number of nitrogens with two attached hydrogens (primary N) is 2. The third-order valence-corrected chi connectivity index (χ3v) is 3.21. The molecular formula is C12H20N6O2S. The molecule has 0 saturated heterocycles. The fourth-order valence-corrected chi connectivity index (χ4v) is 2.09. The number of aliphatic imine (C=N–C) groups is 1. The molecule has 1 rings (SSSR count). The predicted molar refractivity (Wildman–Crippen MR) is 83.2 cm³/mol. The number of carbonyl (C=O) groups excluding carboxylic acids is 1. The van der Waals surface area contributed by atoms with E-state index in [-0.39, 0.29) is 11.9 Å². The van der Waals surface area contributed by atoms with E-state index in [4.69, 9.17) is 16.2 Å². The lowest BCUT2D eigenvalue weighted by atomic mass is 10.3. The largest absolute Gasteiger partial charge is 0.383 e. The Bertz CT molecular complexity index is 483. The Morgan fingerprint density at radius 2 is 2.33 bits per heavy atom. The van der Waals surface area contributed by atoms with Crippen molar-refractivity contribution in [3.05, 3.63) is 12.3 Å². The summed E-state index contributed by atoms with van der Waals surface area (Å²) in [7, 11) is 1.60. The minimum atomic E-state index is -0.299. The van der Waals surface area contributed by atoms with Crippen LogP contribution in [0.5, 0.6) is 0 Å². The van der Waals surface area contributed by atoms with E-state index in [1.165, 1.54) is 11.8 Å². The molecule has 21 heavy (non-hydrogen) atoms. The highest BCUT2D eigenvalue weighted by molar-refractivity contribution is 7.99. The van der Waals surface area contributed by atoms with Crippen molar-refractivity contribution in [1.29, 1.82) is 0 Å². The number of carbonyl (C=O) groups is 1. The van der Waals surface area contributed by atoms with Crippen molar-refractivity contribution in [3.63, 3.8) is 0 Å². The average molecular weight is 312 g/mol. The number of guanidine groups is 1. The molecule has 1 amide bonds. The van der Waals surface area contributed by atoms with Gasteiger partial charge in [-0.25, -0.2) is 9.97 Å². The van der Waals surface area contributed by atoms with E-state index >= 15 is 0 Å². The molecule has 5 N–H and O–H groups in total. The van der Waals surface area contributed by atoms with Crippen LogP contribution in [0, 0.1) is 0 Å². The number of rotatable bonds is 9. The molecule has 116 valence electrons. The fraction of sp³-hybridized carbons (Fsp3) is 0.500. The Kier molecular flexibility index (Phi) is 8.14. The maximum atomic E-state index is 10.6. The van der Waals surface area contributed by atoms with E-state index < -0.39 is 0 Å². The van der Waals surface area contributed by atoms with Gasteiger partial charge in [-0.3, -0.25) is 9.79 Å². The van der Waals surface area contributed by atoms with Crippen LogP contribution in [0.1, 0.15) is 12.8 Å². The van der Waals surface area contributed by atoms with Gasteiger partial charge in [0.25, 0.3) is 0 Å². The number of hydrogen-bond donors (Lipinski definition) is 3. The van der Waals surface area contributed by atoms with Gasteiger partial charge in [0.05, 0.1) is 13.2 Å². The average Bonchev–Trinajstić information content (AvgIpc) is 2.44. The SMILES string of the molecule is COCCN=C(N)Nc1ccnc(SCCCC(N)=O)n1. The van der Waals surface area contributed by atoms with Crippen LogP contribution in [0.15, 0.2) is 22.4 Å². The van der Waals surface area contributed by atoms with Gasteiger partial charge in [0, 0.05) is 25.5 Å². The van der Waals surface area contributed by atoms with E-state index in [1.54, 1.807) is 19.4 Å². The first-order valence-corrected chi connectivity index (χ1v) is 7.40. The first kappa shape index (κ1) is 17.2. The third kappa shape index (κ3) is 8.10. The molecule has 0 aliphatic carbocycles. The van der Waals surface area contributed by atoms with E-state index in [2.05, 4.69) is 20.3 Å². The number of thioether (sulfide) groups is 1. The summed E-state index contributed by atoms with van der Waals surface area (Å²) in [6.07, 6.45) is 2.69. The van der Waals surface area contributed by atoms with Gasteiger partial charge in [0.15, 0.2) is 11.1 Å². The molecular weight excluding hydrogens is 292 g/mol. The summed E-state index contributed by atoms with van der Waals surface area (Å²) in [4.78, 5) is 23.1. The lowest BCUT2D eigenvalue weighted by Crippen LogP contribution is -2.24. The monoisotopic (exact) mass is 312 g/mol. The summed E-state index contributed by atoms with van der Waals surface area (Å²) in [6, 6.07) is 1.70. The molecule has 1 aromatic rings. The van der Waals surface area contributed by atoms with Crippen LogP contribution in [-0.2, 0) is 9.53 Å². The van der Waals surface area contributed by atoms with Gasteiger partial charge in [-0.15, -0.1) is 0 Å². The Balaban J connectivity index is 2.44. The number of anilines is 1. The first-order valence-electron chi connectivity index (χ1n) is 6.42. The fourth-order valence-electron chi connectivity index (χ4n) is 1.32. The van der Waals surface area contributed by atoms with E-state index in [9.17, 15) is 4.79 Å². The smallest absolute Gasteiger partial charge is 0.217 e. The molecule has 0 radical (unpaired) electrons. The maximum Gasteiger partial charge on any atom is 0.217 e. The number of nitrogens with one attached hydrogen (secondary N) is 1. The van der Waals surface area contributed by atoms with Gasteiger partial charge in [-0.1, -0.05) is 11.8 Å². The Morgan fingerprint density at radius 3 is 3.05 bits per heavy atom. The van der Waals surface area contributed by atoms with Crippen molar-refractivity contribution in [1.82, 2.24) is 9.97 Å². The van der Waals surface area contributed by atoms with Crippen LogP contribution in [-0.4, -0.2) is 47.8 Å². The maximum absolute atomic E-state index is 10.6. The minimum Gasteiger partial charge on any atom is -0.383 e. The number of aromatic nitrogens is 2. The zero-order chi connectivity index (χ0) is 15.5. The quantitative estimate of drug-likeness (QED) is 0.195. The topological polar surface area (TPSA) is 129 Å². The van der Waals surface area contributed by atoms with Crippen LogP contribution >= 0.6 is 11.8 Å². The van der Waals surface area contributed by atoms with Crippen LogP contribution in [0.4, 0.5) is 5.82 Å².